The maximum atomic E-state index is 13.1. The Balaban J connectivity index is 1.56. The van der Waals surface area contributed by atoms with Gasteiger partial charge in [0, 0.05) is 37.3 Å². The minimum absolute atomic E-state index is 0.0805. The number of benzene rings is 1. The van der Waals surface area contributed by atoms with Gasteiger partial charge in [-0.05, 0) is 25.3 Å². The monoisotopic (exact) mass is 381 g/mol. The Morgan fingerprint density at radius 2 is 2.15 bits per heavy atom. The molecule has 0 aliphatic carbocycles. The second-order valence-electron chi connectivity index (χ2n) is 6.84. The van der Waals surface area contributed by atoms with Crippen LogP contribution in [-0.4, -0.2) is 46.1 Å². The highest BCUT2D eigenvalue weighted by Gasteiger charge is 2.30. The van der Waals surface area contributed by atoms with Gasteiger partial charge in [-0.3, -0.25) is 9.89 Å². The number of carbonyl (C=O) groups is 1. The largest absolute Gasteiger partial charge is 0.365 e. The number of rotatable bonds is 4. The molecule has 1 aromatic carbocycles. The van der Waals surface area contributed by atoms with Gasteiger partial charge >= 0.3 is 0 Å². The zero-order valence-electron chi connectivity index (χ0n) is 15.5. The SMILES string of the molecule is CNc1nc(C)c(C(=O)N2CCCC(c3[nH]ncc3-c3ccccc3)C2)s1. The highest BCUT2D eigenvalue weighted by atomic mass is 32.1. The van der Waals surface area contributed by atoms with Crippen molar-refractivity contribution in [2.45, 2.75) is 25.7 Å². The molecule has 7 heteroatoms. The maximum absolute atomic E-state index is 13.1. The number of aromatic amines is 1. The lowest BCUT2D eigenvalue weighted by molar-refractivity contribution is 0.0710. The molecule has 1 unspecified atom stereocenters. The molecule has 0 bridgehead atoms. The Bertz CT molecular complexity index is 933. The third kappa shape index (κ3) is 3.47. The Kier molecular flexibility index (Phi) is 4.94. The number of aromatic nitrogens is 3. The van der Waals surface area contributed by atoms with E-state index in [9.17, 15) is 4.79 Å². The van der Waals surface area contributed by atoms with E-state index in [0.717, 1.165) is 51.9 Å². The summed E-state index contributed by atoms with van der Waals surface area (Å²) in [5.74, 6) is 0.342. The van der Waals surface area contributed by atoms with Gasteiger partial charge in [0.25, 0.3) is 5.91 Å². The number of thiazole rings is 1. The Morgan fingerprint density at radius 3 is 2.89 bits per heavy atom. The lowest BCUT2D eigenvalue weighted by atomic mass is 9.90. The third-order valence-corrected chi connectivity index (χ3v) is 6.24. The lowest BCUT2D eigenvalue weighted by Gasteiger charge is -2.32. The van der Waals surface area contributed by atoms with Crippen molar-refractivity contribution >= 4 is 22.4 Å². The molecule has 27 heavy (non-hydrogen) atoms. The zero-order chi connectivity index (χ0) is 18.8. The molecule has 4 rings (SSSR count). The van der Waals surface area contributed by atoms with Crippen molar-refractivity contribution in [1.29, 1.82) is 0 Å². The molecule has 2 aromatic heterocycles. The Labute approximate surface area is 162 Å². The number of likely N-dealkylation sites (tertiary alicyclic amines) is 1. The molecule has 3 aromatic rings. The number of amides is 1. The number of carbonyl (C=O) groups excluding carboxylic acids is 1. The van der Waals surface area contributed by atoms with Crippen LogP contribution in [0.1, 0.15) is 39.8 Å². The van der Waals surface area contributed by atoms with E-state index in [0.29, 0.717) is 6.54 Å². The number of H-pyrrole nitrogens is 1. The van der Waals surface area contributed by atoms with Crippen LogP contribution in [0.15, 0.2) is 36.5 Å². The van der Waals surface area contributed by atoms with Crippen LogP contribution in [-0.2, 0) is 0 Å². The standard InChI is InChI=1S/C20H23N5OS/c1-13-18(27-20(21-2)23-13)19(26)25-10-6-9-15(12-25)17-16(11-22-24-17)14-7-4-3-5-8-14/h3-5,7-8,11,15H,6,9-10,12H2,1-2H3,(H,21,23)(H,22,24). The molecule has 1 aliphatic rings. The van der Waals surface area contributed by atoms with E-state index in [4.69, 9.17) is 0 Å². The number of anilines is 1. The van der Waals surface area contributed by atoms with Crippen LogP contribution in [0.5, 0.6) is 0 Å². The lowest BCUT2D eigenvalue weighted by Crippen LogP contribution is -2.39. The second kappa shape index (κ2) is 7.52. The maximum Gasteiger partial charge on any atom is 0.265 e. The van der Waals surface area contributed by atoms with Crippen LogP contribution in [0.2, 0.25) is 0 Å². The van der Waals surface area contributed by atoms with Gasteiger partial charge in [0.2, 0.25) is 0 Å². The van der Waals surface area contributed by atoms with Crippen molar-refractivity contribution in [2.24, 2.45) is 0 Å². The fourth-order valence-corrected chi connectivity index (χ4v) is 4.59. The number of hydrogen-bond acceptors (Lipinski definition) is 5. The first-order chi connectivity index (χ1) is 13.2. The smallest absolute Gasteiger partial charge is 0.265 e. The van der Waals surface area contributed by atoms with E-state index in [1.54, 1.807) is 0 Å². The zero-order valence-corrected chi connectivity index (χ0v) is 16.3. The predicted molar refractivity (Wildman–Crippen MR) is 108 cm³/mol. The van der Waals surface area contributed by atoms with Gasteiger partial charge in [-0.15, -0.1) is 0 Å². The molecule has 140 valence electrons. The van der Waals surface area contributed by atoms with Crippen LogP contribution in [0.4, 0.5) is 5.13 Å². The first kappa shape index (κ1) is 17.7. The highest BCUT2D eigenvalue weighted by molar-refractivity contribution is 7.17. The van der Waals surface area contributed by atoms with Crippen molar-refractivity contribution in [3.05, 3.63) is 52.8 Å². The third-order valence-electron chi connectivity index (χ3n) is 5.08. The molecule has 1 fully saturated rings. The molecule has 1 atom stereocenters. The molecule has 6 nitrogen and oxygen atoms in total. The topological polar surface area (TPSA) is 73.9 Å². The number of hydrogen-bond donors (Lipinski definition) is 2. The predicted octanol–water partition coefficient (Wildman–Crippen LogP) is 3.90. The molecule has 1 amide bonds. The summed E-state index contributed by atoms with van der Waals surface area (Å²) in [7, 11) is 1.83. The van der Waals surface area contributed by atoms with E-state index >= 15 is 0 Å². The molecule has 2 N–H and O–H groups in total. The van der Waals surface area contributed by atoms with Crippen LogP contribution in [0.3, 0.4) is 0 Å². The number of piperidine rings is 1. The van der Waals surface area contributed by atoms with Crippen molar-refractivity contribution in [3.8, 4) is 11.1 Å². The summed E-state index contributed by atoms with van der Waals surface area (Å²) in [5, 5.41) is 11.3. The second-order valence-corrected chi connectivity index (χ2v) is 7.84. The van der Waals surface area contributed by atoms with Gasteiger partial charge in [0.15, 0.2) is 5.13 Å². The minimum atomic E-state index is 0.0805. The Morgan fingerprint density at radius 1 is 1.33 bits per heavy atom. The summed E-state index contributed by atoms with van der Waals surface area (Å²) < 4.78 is 0. The number of nitrogens with zero attached hydrogens (tertiary/aromatic N) is 3. The average molecular weight is 382 g/mol. The van der Waals surface area contributed by atoms with E-state index < -0.39 is 0 Å². The molecule has 0 spiro atoms. The summed E-state index contributed by atoms with van der Waals surface area (Å²) in [6.45, 7) is 3.39. The van der Waals surface area contributed by atoms with Gasteiger partial charge in [0.1, 0.15) is 4.88 Å². The van der Waals surface area contributed by atoms with Crippen LogP contribution in [0, 0.1) is 6.92 Å². The molecule has 3 heterocycles. The van der Waals surface area contributed by atoms with Crippen molar-refractivity contribution in [2.75, 3.05) is 25.5 Å². The summed E-state index contributed by atoms with van der Waals surface area (Å²) in [6.07, 6.45) is 3.92. The molecule has 0 saturated carbocycles. The Hall–Kier alpha value is -2.67. The molecular formula is C20H23N5OS. The summed E-state index contributed by atoms with van der Waals surface area (Å²) in [5.41, 5.74) is 4.20. The molecule has 0 radical (unpaired) electrons. The van der Waals surface area contributed by atoms with E-state index in [1.807, 2.05) is 43.3 Å². The van der Waals surface area contributed by atoms with Crippen molar-refractivity contribution in [3.63, 3.8) is 0 Å². The summed E-state index contributed by atoms with van der Waals surface area (Å²) in [6, 6.07) is 10.3. The summed E-state index contributed by atoms with van der Waals surface area (Å²) in [4.78, 5) is 20.2. The average Bonchev–Trinajstić information content (AvgIpc) is 3.35. The van der Waals surface area contributed by atoms with E-state index in [2.05, 4.69) is 32.6 Å². The highest BCUT2D eigenvalue weighted by Crippen LogP contribution is 2.34. The minimum Gasteiger partial charge on any atom is -0.365 e. The van der Waals surface area contributed by atoms with Crippen molar-refractivity contribution in [1.82, 2.24) is 20.1 Å². The van der Waals surface area contributed by atoms with Crippen molar-refractivity contribution < 1.29 is 4.79 Å². The fourth-order valence-electron chi connectivity index (χ4n) is 3.70. The molecule has 1 saturated heterocycles. The normalized spacial score (nSPS) is 17.1. The van der Waals surface area contributed by atoms with Crippen LogP contribution >= 0.6 is 11.3 Å². The van der Waals surface area contributed by atoms with Gasteiger partial charge in [-0.2, -0.15) is 5.10 Å². The molecule has 1 aliphatic heterocycles. The summed E-state index contributed by atoms with van der Waals surface area (Å²) >= 11 is 1.43. The van der Waals surface area contributed by atoms with Crippen LogP contribution in [0.25, 0.3) is 11.1 Å². The number of aryl methyl sites for hydroxylation is 1. The van der Waals surface area contributed by atoms with Gasteiger partial charge < -0.3 is 10.2 Å². The quantitative estimate of drug-likeness (QED) is 0.719. The van der Waals surface area contributed by atoms with Crippen LogP contribution < -0.4 is 5.32 Å². The van der Waals surface area contributed by atoms with Gasteiger partial charge in [-0.25, -0.2) is 4.98 Å². The fraction of sp³-hybridized carbons (Fsp3) is 0.350. The number of nitrogens with one attached hydrogen (secondary N) is 2. The van der Waals surface area contributed by atoms with Gasteiger partial charge in [0.05, 0.1) is 11.9 Å². The van der Waals surface area contributed by atoms with E-state index in [1.165, 1.54) is 11.3 Å². The molecular weight excluding hydrogens is 358 g/mol. The van der Waals surface area contributed by atoms with E-state index in [-0.39, 0.29) is 11.8 Å². The van der Waals surface area contributed by atoms with Gasteiger partial charge in [-0.1, -0.05) is 41.7 Å². The first-order valence-electron chi connectivity index (χ1n) is 9.20. The first-order valence-corrected chi connectivity index (χ1v) is 10.0.